The molecular formula is C24H39N5O2. The van der Waals surface area contributed by atoms with Gasteiger partial charge in [0, 0.05) is 38.5 Å². The zero-order valence-corrected chi connectivity index (χ0v) is 19.2. The second-order valence-corrected chi connectivity index (χ2v) is 9.74. The van der Waals surface area contributed by atoms with Crippen molar-refractivity contribution in [3.8, 4) is 0 Å². The van der Waals surface area contributed by atoms with Crippen molar-refractivity contribution in [2.45, 2.75) is 82.6 Å². The van der Waals surface area contributed by atoms with Crippen molar-refractivity contribution >= 4 is 11.8 Å². The molecule has 4 rings (SSSR count). The molecule has 172 valence electrons. The van der Waals surface area contributed by atoms with Crippen LogP contribution in [-0.2, 0) is 4.79 Å². The molecule has 1 N–H and O–H groups in total. The topological polar surface area (TPSA) is 72.5 Å². The van der Waals surface area contributed by atoms with Gasteiger partial charge in [0.1, 0.15) is 0 Å². The monoisotopic (exact) mass is 429 g/mol. The first kappa shape index (κ1) is 22.3. The van der Waals surface area contributed by atoms with E-state index in [1.54, 1.807) is 6.20 Å². The minimum atomic E-state index is 0.0738. The van der Waals surface area contributed by atoms with E-state index in [1.807, 2.05) is 16.8 Å². The Labute approximate surface area is 186 Å². The standard InChI is InChI=1S/C24H39N5O2/c1-27(20-10-3-2-4-11-20)24(31)21-17-25-26-23(21)19-9-7-16-29(18-19)22(30)12-8-15-28-13-5-6-14-28/h17,19-20H,2-16,18H2,1H3,(H,25,26). The molecule has 1 unspecified atom stereocenters. The van der Waals surface area contributed by atoms with Gasteiger partial charge >= 0.3 is 0 Å². The summed E-state index contributed by atoms with van der Waals surface area (Å²) in [6.45, 7) is 4.93. The van der Waals surface area contributed by atoms with E-state index in [2.05, 4.69) is 15.1 Å². The zero-order valence-electron chi connectivity index (χ0n) is 19.2. The number of aromatic nitrogens is 2. The number of hydrogen-bond acceptors (Lipinski definition) is 4. The summed E-state index contributed by atoms with van der Waals surface area (Å²) in [7, 11) is 1.94. The number of H-pyrrole nitrogens is 1. The van der Waals surface area contributed by atoms with Crippen LogP contribution in [-0.4, -0.2) is 82.5 Å². The predicted molar refractivity (Wildman–Crippen MR) is 121 cm³/mol. The Hall–Kier alpha value is -1.89. The highest BCUT2D eigenvalue weighted by Gasteiger charge is 2.31. The van der Waals surface area contributed by atoms with Crippen LogP contribution in [0.4, 0.5) is 0 Å². The number of nitrogens with one attached hydrogen (secondary N) is 1. The molecule has 2 amide bonds. The summed E-state index contributed by atoms with van der Waals surface area (Å²) in [6.07, 6.45) is 13.7. The summed E-state index contributed by atoms with van der Waals surface area (Å²) >= 11 is 0. The second kappa shape index (κ2) is 10.6. The maximum atomic E-state index is 13.2. The summed E-state index contributed by atoms with van der Waals surface area (Å²) in [5.41, 5.74) is 1.61. The first-order valence-corrected chi connectivity index (χ1v) is 12.4. The van der Waals surface area contributed by atoms with Crippen LogP contribution in [0.3, 0.4) is 0 Å². The fourth-order valence-electron chi connectivity index (χ4n) is 5.66. The molecular weight excluding hydrogens is 390 g/mol. The van der Waals surface area contributed by atoms with E-state index in [-0.39, 0.29) is 17.7 Å². The lowest BCUT2D eigenvalue weighted by molar-refractivity contribution is -0.132. The first-order chi connectivity index (χ1) is 15.1. The molecule has 1 aliphatic carbocycles. The van der Waals surface area contributed by atoms with Crippen LogP contribution >= 0.6 is 0 Å². The van der Waals surface area contributed by atoms with Gasteiger partial charge in [-0.1, -0.05) is 19.3 Å². The van der Waals surface area contributed by atoms with Crippen LogP contribution in [0.15, 0.2) is 6.20 Å². The van der Waals surface area contributed by atoms with Gasteiger partial charge < -0.3 is 14.7 Å². The Kier molecular flexibility index (Phi) is 7.64. The number of aromatic amines is 1. The van der Waals surface area contributed by atoms with Gasteiger partial charge in [-0.25, -0.2) is 0 Å². The fourth-order valence-corrected chi connectivity index (χ4v) is 5.66. The van der Waals surface area contributed by atoms with Gasteiger partial charge in [0.2, 0.25) is 5.91 Å². The minimum Gasteiger partial charge on any atom is -0.342 e. The Morgan fingerprint density at radius 1 is 1.06 bits per heavy atom. The van der Waals surface area contributed by atoms with E-state index in [0.717, 1.165) is 50.9 Å². The van der Waals surface area contributed by atoms with Crippen molar-refractivity contribution in [1.82, 2.24) is 24.9 Å². The summed E-state index contributed by atoms with van der Waals surface area (Å²) in [4.78, 5) is 32.5. The van der Waals surface area contributed by atoms with E-state index in [1.165, 1.54) is 45.2 Å². The Morgan fingerprint density at radius 2 is 1.84 bits per heavy atom. The number of amides is 2. The molecule has 1 atom stereocenters. The van der Waals surface area contributed by atoms with E-state index >= 15 is 0 Å². The van der Waals surface area contributed by atoms with Crippen LogP contribution in [0, 0.1) is 0 Å². The zero-order chi connectivity index (χ0) is 21.6. The average Bonchev–Trinajstić information content (AvgIpc) is 3.51. The molecule has 3 aliphatic rings. The third-order valence-corrected chi connectivity index (χ3v) is 7.59. The van der Waals surface area contributed by atoms with Gasteiger partial charge in [0.15, 0.2) is 0 Å². The van der Waals surface area contributed by atoms with Crippen molar-refractivity contribution < 1.29 is 9.59 Å². The highest BCUT2D eigenvalue weighted by molar-refractivity contribution is 5.95. The van der Waals surface area contributed by atoms with Gasteiger partial charge in [-0.15, -0.1) is 0 Å². The molecule has 0 spiro atoms. The molecule has 2 saturated heterocycles. The van der Waals surface area contributed by atoms with Crippen molar-refractivity contribution in [3.63, 3.8) is 0 Å². The van der Waals surface area contributed by atoms with Gasteiger partial charge in [-0.05, 0) is 64.6 Å². The lowest BCUT2D eigenvalue weighted by atomic mass is 9.91. The number of piperidine rings is 1. The second-order valence-electron chi connectivity index (χ2n) is 9.74. The Morgan fingerprint density at radius 3 is 2.61 bits per heavy atom. The molecule has 3 heterocycles. The number of carbonyl (C=O) groups excluding carboxylic acids is 2. The lowest BCUT2D eigenvalue weighted by Gasteiger charge is -2.34. The number of hydrogen-bond donors (Lipinski definition) is 1. The van der Waals surface area contributed by atoms with E-state index in [4.69, 9.17) is 0 Å². The third kappa shape index (κ3) is 5.48. The maximum absolute atomic E-state index is 13.2. The van der Waals surface area contributed by atoms with Gasteiger partial charge in [0.05, 0.1) is 17.5 Å². The van der Waals surface area contributed by atoms with Crippen LogP contribution in [0.2, 0.25) is 0 Å². The molecule has 7 heteroatoms. The van der Waals surface area contributed by atoms with Gasteiger partial charge in [-0.3, -0.25) is 14.7 Å². The summed E-state index contributed by atoms with van der Waals surface area (Å²) in [6, 6.07) is 0.337. The minimum absolute atomic E-state index is 0.0738. The number of likely N-dealkylation sites (tertiary alicyclic amines) is 2. The third-order valence-electron chi connectivity index (χ3n) is 7.59. The quantitative estimate of drug-likeness (QED) is 0.721. The highest BCUT2D eigenvalue weighted by Crippen LogP contribution is 2.30. The first-order valence-electron chi connectivity index (χ1n) is 12.4. The van der Waals surface area contributed by atoms with Crippen LogP contribution in [0.25, 0.3) is 0 Å². The maximum Gasteiger partial charge on any atom is 0.257 e. The lowest BCUT2D eigenvalue weighted by Crippen LogP contribution is -2.41. The SMILES string of the molecule is CN(C(=O)c1cn[nH]c1C1CCCN(C(=O)CCCN2CCCC2)C1)C1CCCCC1. The predicted octanol–water partition coefficient (Wildman–Crippen LogP) is 3.40. The largest absolute Gasteiger partial charge is 0.342 e. The molecule has 7 nitrogen and oxygen atoms in total. The molecule has 1 saturated carbocycles. The fraction of sp³-hybridized carbons (Fsp3) is 0.792. The van der Waals surface area contributed by atoms with Crippen molar-refractivity contribution in [1.29, 1.82) is 0 Å². The number of rotatable bonds is 7. The normalized spacial score (nSPS) is 23.3. The molecule has 3 fully saturated rings. The van der Waals surface area contributed by atoms with Gasteiger partial charge in [-0.2, -0.15) is 5.10 Å². The van der Waals surface area contributed by atoms with E-state index < -0.39 is 0 Å². The summed E-state index contributed by atoms with van der Waals surface area (Å²) in [5, 5.41) is 7.34. The number of nitrogens with zero attached hydrogens (tertiary/aromatic N) is 4. The number of carbonyl (C=O) groups is 2. The van der Waals surface area contributed by atoms with Crippen molar-refractivity contribution in [3.05, 3.63) is 17.5 Å². The molecule has 0 radical (unpaired) electrons. The van der Waals surface area contributed by atoms with Crippen LogP contribution in [0.1, 0.15) is 92.6 Å². The molecule has 31 heavy (non-hydrogen) atoms. The van der Waals surface area contributed by atoms with Crippen molar-refractivity contribution in [2.24, 2.45) is 0 Å². The summed E-state index contributed by atoms with van der Waals surface area (Å²) in [5.74, 6) is 0.498. The van der Waals surface area contributed by atoms with E-state index in [9.17, 15) is 9.59 Å². The molecule has 0 aromatic carbocycles. The summed E-state index contributed by atoms with van der Waals surface area (Å²) < 4.78 is 0. The Bertz CT molecular complexity index is 736. The van der Waals surface area contributed by atoms with Crippen LogP contribution in [0.5, 0.6) is 0 Å². The molecule has 0 bridgehead atoms. The average molecular weight is 430 g/mol. The van der Waals surface area contributed by atoms with Crippen LogP contribution < -0.4 is 0 Å². The highest BCUT2D eigenvalue weighted by atomic mass is 16.2. The van der Waals surface area contributed by atoms with Crippen molar-refractivity contribution in [2.75, 3.05) is 39.8 Å². The Balaban J connectivity index is 1.33. The van der Waals surface area contributed by atoms with Gasteiger partial charge in [0.25, 0.3) is 5.91 Å². The molecule has 1 aromatic rings. The van der Waals surface area contributed by atoms with E-state index in [0.29, 0.717) is 24.6 Å². The molecule has 1 aromatic heterocycles. The smallest absolute Gasteiger partial charge is 0.257 e. The molecule has 2 aliphatic heterocycles.